The predicted octanol–water partition coefficient (Wildman–Crippen LogP) is 0.371. The van der Waals surface area contributed by atoms with Crippen molar-refractivity contribution in [3.63, 3.8) is 0 Å². The molecule has 0 aliphatic heterocycles. The SMILES string of the molecule is COCCN(N)CC(F)(F)F. The summed E-state index contributed by atoms with van der Waals surface area (Å²) >= 11 is 0. The van der Waals surface area contributed by atoms with Gasteiger partial charge in [-0.15, -0.1) is 0 Å². The number of alkyl halides is 3. The van der Waals surface area contributed by atoms with Gasteiger partial charge in [0.2, 0.25) is 0 Å². The zero-order valence-corrected chi connectivity index (χ0v) is 6.19. The molecule has 0 aliphatic rings. The van der Waals surface area contributed by atoms with Crippen molar-refractivity contribution in [2.24, 2.45) is 5.84 Å². The van der Waals surface area contributed by atoms with Gasteiger partial charge in [0.25, 0.3) is 0 Å². The third-order valence-corrected chi connectivity index (χ3v) is 0.965. The van der Waals surface area contributed by atoms with E-state index in [4.69, 9.17) is 5.84 Å². The first-order valence-corrected chi connectivity index (χ1v) is 3.01. The number of methoxy groups -OCH3 is 1. The monoisotopic (exact) mass is 172 g/mol. The van der Waals surface area contributed by atoms with E-state index in [0.29, 0.717) is 5.01 Å². The van der Waals surface area contributed by atoms with Crippen LogP contribution in [0.15, 0.2) is 0 Å². The summed E-state index contributed by atoms with van der Waals surface area (Å²) in [5, 5.41) is 0.670. The van der Waals surface area contributed by atoms with Gasteiger partial charge >= 0.3 is 6.18 Å². The molecular weight excluding hydrogens is 161 g/mol. The second-order valence-electron chi connectivity index (χ2n) is 2.08. The lowest BCUT2D eigenvalue weighted by Gasteiger charge is -2.16. The first-order valence-electron chi connectivity index (χ1n) is 3.01. The van der Waals surface area contributed by atoms with Gasteiger partial charge in [0.05, 0.1) is 6.61 Å². The van der Waals surface area contributed by atoms with Crippen LogP contribution in [0.3, 0.4) is 0 Å². The topological polar surface area (TPSA) is 38.5 Å². The summed E-state index contributed by atoms with van der Waals surface area (Å²) in [6.07, 6.45) is -4.23. The fourth-order valence-electron chi connectivity index (χ4n) is 0.518. The molecule has 2 N–H and O–H groups in total. The number of hydrogen-bond acceptors (Lipinski definition) is 3. The molecule has 0 unspecified atom stereocenters. The van der Waals surface area contributed by atoms with Gasteiger partial charge in [-0.1, -0.05) is 0 Å². The first-order chi connectivity index (χ1) is 4.95. The number of ether oxygens (including phenoxy) is 1. The average Bonchev–Trinajstić information content (AvgIpc) is 1.79. The van der Waals surface area contributed by atoms with Crippen molar-refractivity contribution >= 4 is 0 Å². The third kappa shape index (κ3) is 7.57. The van der Waals surface area contributed by atoms with E-state index in [1.807, 2.05) is 0 Å². The highest BCUT2D eigenvalue weighted by molar-refractivity contribution is 4.55. The molecule has 0 fully saturated rings. The Bertz CT molecular complexity index is 106. The highest BCUT2D eigenvalue weighted by Gasteiger charge is 2.29. The number of halogens is 3. The van der Waals surface area contributed by atoms with Crippen LogP contribution < -0.4 is 5.84 Å². The van der Waals surface area contributed by atoms with Crippen LogP contribution >= 0.6 is 0 Å². The molecule has 0 aromatic heterocycles. The van der Waals surface area contributed by atoms with Crippen LogP contribution in [0, 0.1) is 0 Å². The number of nitrogens with two attached hydrogens (primary N) is 1. The molecule has 0 rings (SSSR count). The zero-order valence-electron chi connectivity index (χ0n) is 6.19. The van der Waals surface area contributed by atoms with Gasteiger partial charge in [0, 0.05) is 13.7 Å². The van der Waals surface area contributed by atoms with Crippen molar-refractivity contribution in [3.8, 4) is 0 Å². The molecule has 0 aromatic carbocycles. The van der Waals surface area contributed by atoms with Gasteiger partial charge in [0.15, 0.2) is 0 Å². The van der Waals surface area contributed by atoms with E-state index in [2.05, 4.69) is 4.74 Å². The summed E-state index contributed by atoms with van der Waals surface area (Å²) < 4.78 is 39.3. The molecule has 0 saturated heterocycles. The summed E-state index contributed by atoms with van der Waals surface area (Å²) in [5.41, 5.74) is 0. The molecule has 6 heteroatoms. The second kappa shape index (κ2) is 4.53. The highest BCUT2D eigenvalue weighted by atomic mass is 19.4. The van der Waals surface area contributed by atoms with Gasteiger partial charge in [-0.05, 0) is 0 Å². The Morgan fingerprint density at radius 1 is 1.45 bits per heavy atom. The summed E-state index contributed by atoms with van der Waals surface area (Å²) in [4.78, 5) is 0. The zero-order chi connectivity index (χ0) is 8.91. The van der Waals surface area contributed by atoms with Crippen LogP contribution in [0.1, 0.15) is 0 Å². The maximum absolute atomic E-state index is 11.6. The molecule has 0 spiro atoms. The Morgan fingerprint density at radius 2 is 2.00 bits per heavy atom. The van der Waals surface area contributed by atoms with Crippen molar-refractivity contribution in [1.82, 2.24) is 5.01 Å². The van der Waals surface area contributed by atoms with E-state index in [-0.39, 0.29) is 13.2 Å². The van der Waals surface area contributed by atoms with Crippen LogP contribution in [-0.4, -0.2) is 38.0 Å². The summed E-state index contributed by atoms with van der Waals surface area (Å²) in [5.74, 6) is 4.98. The summed E-state index contributed by atoms with van der Waals surface area (Å²) in [6, 6.07) is 0. The molecule has 0 bridgehead atoms. The minimum absolute atomic E-state index is 0.0794. The van der Waals surface area contributed by atoms with Gasteiger partial charge in [-0.25, -0.2) is 5.01 Å². The van der Waals surface area contributed by atoms with Gasteiger partial charge in [-0.2, -0.15) is 13.2 Å². The molecule has 0 aromatic rings. The van der Waals surface area contributed by atoms with Crippen molar-refractivity contribution in [1.29, 1.82) is 0 Å². The number of hydrogen-bond donors (Lipinski definition) is 1. The predicted molar refractivity (Wildman–Crippen MR) is 33.7 cm³/mol. The van der Waals surface area contributed by atoms with Gasteiger partial charge in [0.1, 0.15) is 6.54 Å². The lowest BCUT2D eigenvalue weighted by atomic mass is 10.5. The first kappa shape index (κ1) is 10.7. The minimum Gasteiger partial charge on any atom is -0.383 e. The van der Waals surface area contributed by atoms with Crippen molar-refractivity contribution < 1.29 is 17.9 Å². The Balaban J connectivity index is 3.44. The summed E-state index contributed by atoms with van der Waals surface area (Å²) in [7, 11) is 1.40. The van der Waals surface area contributed by atoms with Gasteiger partial charge < -0.3 is 4.74 Å². The summed E-state index contributed by atoms with van der Waals surface area (Å²) in [6.45, 7) is -0.820. The maximum atomic E-state index is 11.6. The fourth-order valence-corrected chi connectivity index (χ4v) is 0.518. The number of nitrogens with zero attached hydrogens (tertiary/aromatic N) is 1. The molecule has 0 saturated carbocycles. The van der Waals surface area contributed by atoms with E-state index >= 15 is 0 Å². The van der Waals surface area contributed by atoms with Crippen molar-refractivity contribution in [2.45, 2.75) is 6.18 Å². The van der Waals surface area contributed by atoms with E-state index in [1.165, 1.54) is 7.11 Å². The second-order valence-corrected chi connectivity index (χ2v) is 2.08. The third-order valence-electron chi connectivity index (χ3n) is 0.965. The number of rotatable bonds is 4. The Kier molecular flexibility index (Phi) is 4.39. The van der Waals surface area contributed by atoms with E-state index in [9.17, 15) is 13.2 Å². The normalized spacial score (nSPS) is 12.5. The van der Waals surface area contributed by atoms with Gasteiger partial charge in [-0.3, -0.25) is 5.84 Å². The Morgan fingerprint density at radius 3 is 2.36 bits per heavy atom. The van der Waals surface area contributed by atoms with E-state index < -0.39 is 12.7 Å². The molecule has 68 valence electrons. The van der Waals surface area contributed by atoms with Crippen molar-refractivity contribution in [3.05, 3.63) is 0 Å². The lowest BCUT2D eigenvalue weighted by Crippen LogP contribution is -2.41. The Hall–Kier alpha value is -0.330. The molecule has 3 nitrogen and oxygen atoms in total. The Labute approximate surface area is 62.9 Å². The molecule has 11 heavy (non-hydrogen) atoms. The van der Waals surface area contributed by atoms with E-state index in [1.54, 1.807) is 0 Å². The largest absolute Gasteiger partial charge is 0.402 e. The molecule has 0 atom stereocenters. The molecule has 0 radical (unpaired) electrons. The highest BCUT2D eigenvalue weighted by Crippen LogP contribution is 2.14. The molecule has 0 aliphatic carbocycles. The van der Waals surface area contributed by atoms with Crippen LogP contribution in [0.25, 0.3) is 0 Å². The fraction of sp³-hybridized carbons (Fsp3) is 1.00. The minimum atomic E-state index is -4.23. The van der Waals surface area contributed by atoms with E-state index in [0.717, 1.165) is 0 Å². The molecule has 0 amide bonds. The van der Waals surface area contributed by atoms with Crippen LogP contribution in [0.5, 0.6) is 0 Å². The van der Waals surface area contributed by atoms with Crippen molar-refractivity contribution in [2.75, 3.05) is 26.8 Å². The average molecular weight is 172 g/mol. The quantitative estimate of drug-likeness (QED) is 0.492. The molecular formula is C5H11F3N2O. The van der Waals surface area contributed by atoms with Crippen LogP contribution in [0.4, 0.5) is 13.2 Å². The molecule has 0 heterocycles. The van der Waals surface area contributed by atoms with Crippen LogP contribution in [-0.2, 0) is 4.74 Å². The maximum Gasteiger partial charge on any atom is 0.402 e. The lowest BCUT2D eigenvalue weighted by molar-refractivity contribution is -0.147. The number of hydrazine groups is 1. The van der Waals surface area contributed by atoms with Crippen LogP contribution in [0.2, 0.25) is 0 Å². The smallest absolute Gasteiger partial charge is 0.383 e. The standard InChI is InChI=1S/C5H11F3N2O/c1-11-3-2-10(9)4-5(6,7)8/h2-4,9H2,1H3.